The van der Waals surface area contributed by atoms with Gasteiger partial charge in [0, 0.05) is 39.3 Å². The van der Waals surface area contributed by atoms with Crippen molar-refractivity contribution in [2.24, 2.45) is 5.92 Å². The Morgan fingerprint density at radius 2 is 1.63 bits per heavy atom. The molecule has 2 aliphatic rings. The number of fused-ring (bicyclic) bond motifs is 1. The van der Waals surface area contributed by atoms with Gasteiger partial charge in [-0.25, -0.2) is 0 Å². The van der Waals surface area contributed by atoms with Crippen molar-refractivity contribution >= 4 is 0 Å². The third kappa shape index (κ3) is 5.24. The molecule has 0 amide bonds. The monoisotopic (exact) mass is 366 g/mol. The summed E-state index contributed by atoms with van der Waals surface area (Å²) in [4.78, 5) is 5.15. The molecule has 1 fully saturated rings. The van der Waals surface area contributed by atoms with Gasteiger partial charge >= 0.3 is 0 Å². The molecule has 0 aromatic heterocycles. The lowest BCUT2D eigenvalue weighted by atomic mass is 9.96. The van der Waals surface area contributed by atoms with Crippen LogP contribution in [0.2, 0.25) is 0 Å². The fourth-order valence-electron chi connectivity index (χ4n) is 4.09. The standard InChI is InChI=1S/C23H30N2O2/c1-2-7-22(8-3-1)26-17-15-24-11-13-25(14-12-24)19-20-10-16-27-23-9-5-4-6-21(23)18-20/h1-9,20H,10-19H2/t20-/m0/s1. The number of para-hydroxylation sites is 2. The first-order chi connectivity index (χ1) is 13.4. The van der Waals surface area contributed by atoms with Gasteiger partial charge < -0.3 is 14.4 Å². The molecule has 4 heteroatoms. The molecule has 1 atom stereocenters. The van der Waals surface area contributed by atoms with E-state index in [0.29, 0.717) is 5.92 Å². The molecule has 2 aliphatic heterocycles. The topological polar surface area (TPSA) is 24.9 Å². The van der Waals surface area contributed by atoms with Crippen molar-refractivity contribution in [1.82, 2.24) is 9.80 Å². The largest absolute Gasteiger partial charge is 0.493 e. The molecule has 144 valence electrons. The van der Waals surface area contributed by atoms with E-state index >= 15 is 0 Å². The van der Waals surface area contributed by atoms with Crippen molar-refractivity contribution in [2.45, 2.75) is 12.8 Å². The van der Waals surface area contributed by atoms with Crippen LogP contribution in [0, 0.1) is 5.92 Å². The van der Waals surface area contributed by atoms with Gasteiger partial charge in [-0.1, -0.05) is 36.4 Å². The number of hydrogen-bond donors (Lipinski definition) is 0. The minimum Gasteiger partial charge on any atom is -0.493 e. The second-order valence-electron chi connectivity index (χ2n) is 7.62. The fraction of sp³-hybridized carbons (Fsp3) is 0.478. The van der Waals surface area contributed by atoms with Crippen molar-refractivity contribution in [3.8, 4) is 11.5 Å². The van der Waals surface area contributed by atoms with Crippen LogP contribution in [0.15, 0.2) is 54.6 Å². The number of rotatable bonds is 6. The van der Waals surface area contributed by atoms with E-state index in [0.717, 1.165) is 70.3 Å². The van der Waals surface area contributed by atoms with E-state index in [1.807, 2.05) is 30.3 Å². The number of benzene rings is 2. The fourth-order valence-corrected chi connectivity index (χ4v) is 4.09. The van der Waals surface area contributed by atoms with Crippen molar-refractivity contribution in [2.75, 3.05) is 52.5 Å². The smallest absolute Gasteiger partial charge is 0.122 e. The summed E-state index contributed by atoms with van der Waals surface area (Å²) in [7, 11) is 0. The van der Waals surface area contributed by atoms with E-state index < -0.39 is 0 Å². The van der Waals surface area contributed by atoms with Crippen LogP contribution >= 0.6 is 0 Å². The molecule has 2 heterocycles. The predicted octanol–water partition coefficient (Wildman–Crippen LogP) is 3.32. The lowest BCUT2D eigenvalue weighted by Crippen LogP contribution is -2.48. The van der Waals surface area contributed by atoms with Gasteiger partial charge in [-0.3, -0.25) is 4.90 Å². The van der Waals surface area contributed by atoms with E-state index in [2.05, 4.69) is 34.1 Å². The highest BCUT2D eigenvalue weighted by atomic mass is 16.5. The molecular formula is C23H30N2O2. The summed E-state index contributed by atoms with van der Waals surface area (Å²) in [6, 6.07) is 18.6. The van der Waals surface area contributed by atoms with Gasteiger partial charge in [0.05, 0.1) is 6.61 Å². The summed E-state index contributed by atoms with van der Waals surface area (Å²) in [6.45, 7) is 8.39. The van der Waals surface area contributed by atoms with Crippen LogP contribution in [0.5, 0.6) is 11.5 Å². The number of hydrogen-bond acceptors (Lipinski definition) is 4. The molecule has 0 bridgehead atoms. The van der Waals surface area contributed by atoms with Crippen LogP contribution < -0.4 is 9.47 Å². The Morgan fingerprint density at radius 1 is 0.889 bits per heavy atom. The lowest BCUT2D eigenvalue weighted by molar-refractivity contribution is 0.102. The molecule has 0 spiro atoms. The van der Waals surface area contributed by atoms with Gasteiger partial charge in [0.2, 0.25) is 0 Å². The molecule has 4 rings (SSSR count). The van der Waals surface area contributed by atoms with Gasteiger partial charge in [-0.05, 0) is 42.5 Å². The first kappa shape index (κ1) is 18.3. The molecule has 0 aliphatic carbocycles. The Hall–Kier alpha value is -2.04. The van der Waals surface area contributed by atoms with Crippen molar-refractivity contribution in [3.05, 3.63) is 60.2 Å². The minimum atomic E-state index is 0.696. The summed E-state index contributed by atoms with van der Waals surface area (Å²) >= 11 is 0. The molecular weight excluding hydrogens is 336 g/mol. The van der Waals surface area contributed by atoms with Crippen molar-refractivity contribution in [1.29, 1.82) is 0 Å². The Labute approximate surface area is 162 Å². The lowest BCUT2D eigenvalue weighted by Gasteiger charge is -2.36. The molecule has 1 saturated heterocycles. The van der Waals surface area contributed by atoms with Gasteiger partial charge in [0.15, 0.2) is 0 Å². The molecule has 2 aromatic rings. The maximum Gasteiger partial charge on any atom is 0.122 e. The van der Waals surface area contributed by atoms with Crippen LogP contribution in [-0.2, 0) is 6.42 Å². The van der Waals surface area contributed by atoms with Gasteiger partial charge in [-0.15, -0.1) is 0 Å². The maximum absolute atomic E-state index is 5.93. The molecule has 0 saturated carbocycles. The molecule has 0 unspecified atom stereocenters. The summed E-state index contributed by atoms with van der Waals surface area (Å²) in [5.74, 6) is 2.75. The normalized spacial score (nSPS) is 21.1. The summed E-state index contributed by atoms with van der Waals surface area (Å²) in [5, 5.41) is 0. The predicted molar refractivity (Wildman–Crippen MR) is 109 cm³/mol. The summed E-state index contributed by atoms with van der Waals surface area (Å²) in [6.07, 6.45) is 2.29. The second kappa shape index (κ2) is 9.25. The second-order valence-corrected chi connectivity index (χ2v) is 7.62. The highest BCUT2D eigenvalue weighted by Gasteiger charge is 2.23. The first-order valence-electron chi connectivity index (χ1n) is 10.2. The zero-order valence-electron chi connectivity index (χ0n) is 16.1. The highest BCUT2D eigenvalue weighted by Crippen LogP contribution is 2.27. The maximum atomic E-state index is 5.93. The first-order valence-corrected chi connectivity index (χ1v) is 10.2. The number of ether oxygens (including phenoxy) is 2. The van der Waals surface area contributed by atoms with Crippen LogP contribution in [0.3, 0.4) is 0 Å². The minimum absolute atomic E-state index is 0.696. The number of nitrogens with zero attached hydrogens (tertiary/aromatic N) is 2. The zero-order valence-corrected chi connectivity index (χ0v) is 16.1. The average molecular weight is 367 g/mol. The van der Waals surface area contributed by atoms with Crippen molar-refractivity contribution < 1.29 is 9.47 Å². The Morgan fingerprint density at radius 3 is 2.48 bits per heavy atom. The molecule has 0 N–H and O–H groups in total. The third-order valence-electron chi connectivity index (χ3n) is 5.67. The van der Waals surface area contributed by atoms with E-state index in [9.17, 15) is 0 Å². The summed E-state index contributed by atoms with van der Waals surface area (Å²) < 4.78 is 11.8. The van der Waals surface area contributed by atoms with Crippen LogP contribution in [-0.4, -0.2) is 62.3 Å². The van der Waals surface area contributed by atoms with Crippen LogP contribution in [0.4, 0.5) is 0 Å². The quantitative estimate of drug-likeness (QED) is 0.783. The van der Waals surface area contributed by atoms with E-state index in [-0.39, 0.29) is 0 Å². The van der Waals surface area contributed by atoms with Crippen LogP contribution in [0.25, 0.3) is 0 Å². The highest BCUT2D eigenvalue weighted by molar-refractivity contribution is 5.34. The Balaban J connectivity index is 1.18. The zero-order chi connectivity index (χ0) is 18.3. The van der Waals surface area contributed by atoms with E-state index in [4.69, 9.17) is 9.47 Å². The number of piperazine rings is 1. The Kier molecular flexibility index (Phi) is 6.28. The Bertz CT molecular complexity index is 699. The van der Waals surface area contributed by atoms with Gasteiger partial charge in [0.1, 0.15) is 18.1 Å². The molecule has 0 radical (unpaired) electrons. The molecule has 4 nitrogen and oxygen atoms in total. The van der Waals surface area contributed by atoms with E-state index in [1.165, 1.54) is 12.1 Å². The van der Waals surface area contributed by atoms with E-state index in [1.54, 1.807) is 0 Å². The molecule has 27 heavy (non-hydrogen) atoms. The van der Waals surface area contributed by atoms with Crippen LogP contribution in [0.1, 0.15) is 12.0 Å². The third-order valence-corrected chi connectivity index (χ3v) is 5.67. The van der Waals surface area contributed by atoms with Gasteiger partial charge in [0.25, 0.3) is 0 Å². The SMILES string of the molecule is c1ccc(OCCN2CCN(C[C@H]3CCOc4ccccc4C3)CC2)cc1. The average Bonchev–Trinajstić information content (AvgIpc) is 2.92. The van der Waals surface area contributed by atoms with Gasteiger partial charge in [-0.2, -0.15) is 0 Å². The summed E-state index contributed by atoms with van der Waals surface area (Å²) in [5.41, 5.74) is 1.37. The van der Waals surface area contributed by atoms with Crippen molar-refractivity contribution in [3.63, 3.8) is 0 Å². The molecule has 2 aromatic carbocycles.